The fourth-order valence-corrected chi connectivity index (χ4v) is 5.15. The van der Waals surface area contributed by atoms with Gasteiger partial charge in [-0.1, -0.05) is 40.9 Å². The van der Waals surface area contributed by atoms with E-state index in [9.17, 15) is 13.2 Å². The van der Waals surface area contributed by atoms with Crippen molar-refractivity contribution in [3.05, 3.63) is 76.4 Å². The lowest BCUT2D eigenvalue weighted by molar-refractivity contribution is -0.139. The summed E-state index contributed by atoms with van der Waals surface area (Å²) >= 11 is 12.5. The molecule has 0 aliphatic heterocycles. The molecule has 170 valence electrons. The second kappa shape index (κ2) is 8.97. The summed E-state index contributed by atoms with van der Waals surface area (Å²) in [4.78, 5) is 13.9. The number of carbonyl (C=O) groups is 1. The maximum absolute atomic E-state index is 13.2. The van der Waals surface area contributed by atoms with Crippen LogP contribution in [0.4, 0.5) is 0 Å². The molecule has 0 saturated carbocycles. The van der Waals surface area contributed by atoms with Gasteiger partial charge in [-0.3, -0.25) is 0 Å². The zero-order valence-electron chi connectivity index (χ0n) is 17.1. The number of ether oxygens (including phenoxy) is 2. The van der Waals surface area contributed by atoms with Gasteiger partial charge in [-0.2, -0.15) is 0 Å². The Morgan fingerprint density at radius 2 is 1.67 bits per heavy atom. The summed E-state index contributed by atoms with van der Waals surface area (Å²) in [7, 11) is -3.77. The quantitative estimate of drug-likeness (QED) is 0.325. The van der Waals surface area contributed by atoms with Crippen LogP contribution in [0.2, 0.25) is 10.0 Å². The van der Waals surface area contributed by atoms with E-state index in [1.54, 1.807) is 42.5 Å². The predicted octanol–water partition coefficient (Wildman–Crippen LogP) is 5.87. The third kappa shape index (κ3) is 4.78. The van der Waals surface area contributed by atoms with Crippen LogP contribution in [-0.4, -0.2) is 31.1 Å². The number of hydrogen-bond donors (Lipinski definition) is 2. The number of H-pyrrole nitrogens is 1. The van der Waals surface area contributed by atoms with Crippen LogP contribution < -0.4 is 9.47 Å². The molecule has 4 aromatic rings. The van der Waals surface area contributed by atoms with Crippen LogP contribution >= 0.6 is 23.2 Å². The topological polar surface area (TPSA) is 106 Å². The Morgan fingerprint density at radius 3 is 2.30 bits per heavy atom. The van der Waals surface area contributed by atoms with E-state index < -0.39 is 22.4 Å². The number of carboxylic acids is 1. The molecular formula is C23H17Cl2NO6S. The summed E-state index contributed by atoms with van der Waals surface area (Å²) in [6.07, 6.45) is 1.44. The van der Waals surface area contributed by atoms with Crippen molar-refractivity contribution >= 4 is 49.9 Å². The van der Waals surface area contributed by atoms with E-state index in [-0.39, 0.29) is 31.3 Å². The van der Waals surface area contributed by atoms with Gasteiger partial charge >= 0.3 is 5.97 Å². The Kier molecular flexibility index (Phi) is 6.25. The van der Waals surface area contributed by atoms with Crippen LogP contribution in [0, 0.1) is 6.92 Å². The Morgan fingerprint density at radius 1 is 1.00 bits per heavy atom. The minimum absolute atomic E-state index is 0.101. The normalized spacial score (nSPS) is 11.5. The van der Waals surface area contributed by atoms with Crippen molar-refractivity contribution in [3.63, 3.8) is 0 Å². The number of aliphatic carboxylic acids is 1. The minimum atomic E-state index is -3.77. The van der Waals surface area contributed by atoms with Crippen molar-refractivity contribution in [1.29, 1.82) is 0 Å². The second-order valence-electron chi connectivity index (χ2n) is 7.18. The van der Waals surface area contributed by atoms with Gasteiger partial charge in [-0.15, -0.1) is 0 Å². The highest BCUT2D eigenvalue weighted by Crippen LogP contribution is 2.40. The molecule has 0 atom stereocenters. The number of nitrogens with one attached hydrogen (secondary N) is 1. The first-order valence-corrected chi connectivity index (χ1v) is 11.8. The van der Waals surface area contributed by atoms with Gasteiger partial charge in [0.05, 0.1) is 19.8 Å². The Bertz CT molecular complexity index is 1440. The van der Waals surface area contributed by atoms with Gasteiger partial charge in [0, 0.05) is 29.2 Å². The van der Waals surface area contributed by atoms with Crippen LogP contribution in [0.5, 0.6) is 17.2 Å². The number of sulfone groups is 1. The van der Waals surface area contributed by atoms with Crippen LogP contribution in [0.1, 0.15) is 5.56 Å². The highest BCUT2D eigenvalue weighted by molar-refractivity contribution is 7.91. The van der Waals surface area contributed by atoms with E-state index in [1.807, 2.05) is 6.92 Å². The first-order valence-electron chi connectivity index (χ1n) is 9.59. The van der Waals surface area contributed by atoms with Crippen LogP contribution in [0.15, 0.2) is 70.6 Å². The average molecular weight is 506 g/mol. The monoisotopic (exact) mass is 505 g/mol. The van der Waals surface area contributed by atoms with Gasteiger partial charge in [0.15, 0.2) is 12.4 Å². The van der Waals surface area contributed by atoms with Crippen LogP contribution in [-0.2, 0) is 14.6 Å². The number of benzene rings is 3. The Labute approximate surface area is 199 Å². The molecule has 0 spiro atoms. The molecule has 0 aliphatic rings. The third-order valence-corrected chi connectivity index (χ3v) is 7.16. The van der Waals surface area contributed by atoms with Crippen molar-refractivity contribution in [3.8, 4) is 17.2 Å². The molecule has 0 fully saturated rings. The van der Waals surface area contributed by atoms with Gasteiger partial charge < -0.3 is 19.6 Å². The molecule has 7 nitrogen and oxygen atoms in total. The van der Waals surface area contributed by atoms with E-state index in [4.69, 9.17) is 37.8 Å². The van der Waals surface area contributed by atoms with E-state index in [1.165, 1.54) is 18.3 Å². The molecule has 0 radical (unpaired) electrons. The molecule has 0 bridgehead atoms. The summed E-state index contributed by atoms with van der Waals surface area (Å²) in [5.41, 5.74) is 1.57. The first-order chi connectivity index (χ1) is 15.6. The number of fused-ring (bicyclic) bond motifs is 1. The third-order valence-electron chi connectivity index (χ3n) is 4.79. The molecule has 1 heterocycles. The molecule has 2 N–H and O–H groups in total. The minimum Gasteiger partial charge on any atom is -0.482 e. The second-order valence-corrected chi connectivity index (χ2v) is 9.91. The van der Waals surface area contributed by atoms with E-state index in [0.717, 1.165) is 5.56 Å². The summed E-state index contributed by atoms with van der Waals surface area (Å²) in [5, 5.41) is 9.38. The van der Waals surface area contributed by atoms with Crippen molar-refractivity contribution in [1.82, 2.24) is 4.98 Å². The average Bonchev–Trinajstić information content (AvgIpc) is 3.19. The van der Waals surface area contributed by atoms with E-state index in [0.29, 0.717) is 16.7 Å². The van der Waals surface area contributed by atoms with E-state index >= 15 is 0 Å². The maximum Gasteiger partial charge on any atom is 0.341 e. The molecule has 33 heavy (non-hydrogen) atoms. The zero-order chi connectivity index (χ0) is 23.8. The van der Waals surface area contributed by atoms with Crippen LogP contribution in [0.25, 0.3) is 10.9 Å². The summed E-state index contributed by atoms with van der Waals surface area (Å²) in [5.74, 6) is -0.532. The number of hydrogen-bond acceptors (Lipinski definition) is 5. The number of carboxylic acid groups (broad SMARTS) is 1. The summed E-state index contributed by atoms with van der Waals surface area (Å²) in [6, 6.07) is 14.3. The largest absolute Gasteiger partial charge is 0.482 e. The van der Waals surface area contributed by atoms with Gasteiger partial charge in [-0.25, -0.2) is 13.2 Å². The zero-order valence-corrected chi connectivity index (χ0v) is 19.5. The molecule has 10 heteroatoms. The number of aromatic amines is 1. The fourth-order valence-electron chi connectivity index (χ4n) is 3.18. The molecule has 1 aromatic heterocycles. The van der Waals surface area contributed by atoms with Gasteiger partial charge in [0.1, 0.15) is 11.5 Å². The highest BCUT2D eigenvalue weighted by Gasteiger charge is 2.22. The van der Waals surface area contributed by atoms with Crippen molar-refractivity contribution in [2.45, 2.75) is 16.7 Å². The van der Waals surface area contributed by atoms with Crippen LogP contribution in [0.3, 0.4) is 0 Å². The summed E-state index contributed by atoms with van der Waals surface area (Å²) in [6.45, 7) is 1.34. The SMILES string of the molecule is Cc1ccc(S(=O)(=O)c2c[nH]c3ccc(Oc4c(Cl)cc(OCC(=O)O)cc4Cl)cc23)cc1. The Balaban J connectivity index is 1.68. The van der Waals surface area contributed by atoms with Crippen molar-refractivity contribution in [2.24, 2.45) is 0 Å². The first kappa shape index (κ1) is 23.0. The smallest absolute Gasteiger partial charge is 0.341 e. The fraction of sp³-hybridized carbons (Fsp3) is 0.0870. The molecule has 3 aromatic carbocycles. The highest BCUT2D eigenvalue weighted by atomic mass is 35.5. The lowest BCUT2D eigenvalue weighted by Gasteiger charge is -2.12. The lowest BCUT2D eigenvalue weighted by Crippen LogP contribution is -2.09. The summed E-state index contributed by atoms with van der Waals surface area (Å²) < 4.78 is 37.3. The van der Waals surface area contributed by atoms with Gasteiger partial charge in [0.2, 0.25) is 9.84 Å². The molecule has 4 rings (SSSR count). The number of halogens is 2. The van der Waals surface area contributed by atoms with Crippen molar-refractivity contribution < 1.29 is 27.8 Å². The molecule has 0 unspecified atom stereocenters. The van der Waals surface area contributed by atoms with Crippen molar-refractivity contribution in [2.75, 3.05) is 6.61 Å². The van der Waals surface area contributed by atoms with Gasteiger partial charge in [0.25, 0.3) is 0 Å². The predicted molar refractivity (Wildman–Crippen MR) is 125 cm³/mol. The number of aromatic nitrogens is 1. The molecule has 0 saturated heterocycles. The molecule has 0 amide bonds. The van der Waals surface area contributed by atoms with Gasteiger partial charge in [-0.05, 0) is 37.3 Å². The van der Waals surface area contributed by atoms with E-state index in [2.05, 4.69) is 4.98 Å². The molecular weight excluding hydrogens is 489 g/mol. The maximum atomic E-state index is 13.2. The number of rotatable bonds is 7. The molecule has 0 aliphatic carbocycles. The Hall–Kier alpha value is -3.20. The lowest BCUT2D eigenvalue weighted by atomic mass is 10.2. The standard InChI is InChI=1S/C23H17Cl2NO6S/c1-13-2-5-16(6-3-13)33(29,30)21-11-26-20-7-4-14(8-17(20)21)32-23-18(24)9-15(10-19(23)25)31-12-22(27)28/h2-11,26H,12H2,1H3,(H,27,28). The number of aryl methyl sites for hydroxylation is 1.